The molecule has 6 heteroatoms. The minimum atomic E-state index is 0.471. The summed E-state index contributed by atoms with van der Waals surface area (Å²) < 4.78 is 5.39. The molecule has 1 fully saturated rings. The zero-order chi connectivity index (χ0) is 18.0. The third-order valence-corrected chi connectivity index (χ3v) is 4.38. The van der Waals surface area contributed by atoms with E-state index in [1.165, 1.54) is 5.56 Å². The monoisotopic (exact) mass is 353 g/mol. The van der Waals surface area contributed by atoms with Gasteiger partial charge in [-0.15, -0.1) is 0 Å². The summed E-state index contributed by atoms with van der Waals surface area (Å²) in [5.41, 5.74) is 9.46. The number of pyridine rings is 1. The van der Waals surface area contributed by atoms with Crippen LogP contribution in [0.25, 0.3) is 0 Å². The summed E-state index contributed by atoms with van der Waals surface area (Å²) in [5.74, 6) is 0.471. The van der Waals surface area contributed by atoms with Crippen molar-refractivity contribution in [2.45, 2.75) is 19.5 Å². The molecule has 0 amide bonds. The molecule has 1 aromatic heterocycles. The summed E-state index contributed by atoms with van der Waals surface area (Å²) in [4.78, 5) is 11.1. The van der Waals surface area contributed by atoms with Gasteiger partial charge in [-0.2, -0.15) is 0 Å². The highest BCUT2D eigenvalue weighted by atomic mass is 16.5. The van der Waals surface area contributed by atoms with E-state index in [0.29, 0.717) is 12.5 Å². The SMILES string of the molecule is NC(=NCc1ccc(CN2CCOCC2)cc1)NCCc1ccccn1. The Hall–Kier alpha value is -2.44. The average molecular weight is 353 g/mol. The van der Waals surface area contributed by atoms with Crippen molar-refractivity contribution < 1.29 is 4.74 Å². The molecule has 0 bridgehead atoms. The second-order valence-corrected chi connectivity index (χ2v) is 6.40. The zero-order valence-electron chi connectivity index (χ0n) is 15.1. The molecule has 0 radical (unpaired) electrons. The highest BCUT2D eigenvalue weighted by Gasteiger charge is 2.10. The molecule has 0 spiro atoms. The number of aliphatic imine (C=N–C) groups is 1. The predicted molar refractivity (Wildman–Crippen MR) is 104 cm³/mol. The van der Waals surface area contributed by atoms with Gasteiger partial charge in [0.15, 0.2) is 5.96 Å². The third-order valence-electron chi connectivity index (χ3n) is 4.38. The van der Waals surface area contributed by atoms with Crippen molar-refractivity contribution in [1.82, 2.24) is 15.2 Å². The zero-order valence-corrected chi connectivity index (χ0v) is 15.1. The molecule has 1 aliphatic heterocycles. The Bertz CT molecular complexity index is 681. The van der Waals surface area contributed by atoms with Gasteiger partial charge in [0.1, 0.15) is 0 Å². The van der Waals surface area contributed by atoms with Crippen molar-refractivity contribution in [1.29, 1.82) is 0 Å². The summed E-state index contributed by atoms with van der Waals surface area (Å²) in [6.45, 7) is 5.97. The van der Waals surface area contributed by atoms with Crippen LogP contribution in [0.3, 0.4) is 0 Å². The van der Waals surface area contributed by atoms with E-state index in [1.807, 2.05) is 18.2 Å². The summed E-state index contributed by atoms with van der Waals surface area (Å²) >= 11 is 0. The van der Waals surface area contributed by atoms with Gasteiger partial charge in [-0.25, -0.2) is 4.99 Å². The molecule has 6 nitrogen and oxygen atoms in total. The van der Waals surface area contributed by atoms with Gasteiger partial charge in [-0.1, -0.05) is 30.3 Å². The van der Waals surface area contributed by atoms with Crippen molar-refractivity contribution >= 4 is 5.96 Å². The summed E-state index contributed by atoms with van der Waals surface area (Å²) in [5, 5.41) is 3.14. The van der Waals surface area contributed by atoms with Crippen molar-refractivity contribution in [3.63, 3.8) is 0 Å². The molecule has 3 rings (SSSR count). The lowest BCUT2D eigenvalue weighted by molar-refractivity contribution is 0.0342. The van der Waals surface area contributed by atoms with Crippen molar-refractivity contribution in [3.8, 4) is 0 Å². The molecule has 0 aliphatic carbocycles. The number of ether oxygens (including phenoxy) is 1. The van der Waals surface area contributed by atoms with E-state index in [-0.39, 0.29) is 0 Å². The molecule has 26 heavy (non-hydrogen) atoms. The van der Waals surface area contributed by atoms with Crippen LogP contribution in [0.15, 0.2) is 53.7 Å². The van der Waals surface area contributed by atoms with Gasteiger partial charge in [0.05, 0.1) is 19.8 Å². The molecule has 3 N–H and O–H groups in total. The maximum atomic E-state index is 5.94. The third kappa shape index (κ3) is 6.13. The van der Waals surface area contributed by atoms with Crippen LogP contribution in [-0.2, 0) is 24.2 Å². The Labute approximate surface area is 155 Å². The molecular formula is C20H27N5O. The molecule has 1 aliphatic rings. The van der Waals surface area contributed by atoms with Gasteiger partial charge < -0.3 is 15.8 Å². The van der Waals surface area contributed by atoms with Crippen LogP contribution in [0.4, 0.5) is 0 Å². The van der Waals surface area contributed by atoms with Crippen LogP contribution in [0.5, 0.6) is 0 Å². The summed E-state index contributed by atoms with van der Waals surface area (Å²) in [7, 11) is 0. The standard InChI is InChI=1S/C20H27N5O/c21-20(23-10-8-19-3-1-2-9-22-19)24-15-17-4-6-18(7-5-17)16-25-11-13-26-14-12-25/h1-7,9H,8,10-16H2,(H3,21,23,24). The Morgan fingerprint density at radius 1 is 1.12 bits per heavy atom. The first-order chi connectivity index (χ1) is 12.8. The fourth-order valence-corrected chi connectivity index (χ4v) is 2.86. The van der Waals surface area contributed by atoms with E-state index in [4.69, 9.17) is 10.5 Å². The van der Waals surface area contributed by atoms with Crippen molar-refractivity contribution in [2.75, 3.05) is 32.8 Å². The number of nitrogens with one attached hydrogen (secondary N) is 1. The number of morpholine rings is 1. The summed E-state index contributed by atoms with van der Waals surface area (Å²) in [6, 6.07) is 14.5. The first kappa shape index (κ1) is 18.4. The largest absolute Gasteiger partial charge is 0.379 e. The predicted octanol–water partition coefficient (Wildman–Crippen LogP) is 1.56. The van der Waals surface area contributed by atoms with Crippen LogP contribution in [0.2, 0.25) is 0 Å². The molecule has 2 aromatic rings. The van der Waals surface area contributed by atoms with Crippen molar-refractivity contribution in [3.05, 3.63) is 65.5 Å². The van der Waals surface area contributed by atoms with E-state index >= 15 is 0 Å². The number of hydrogen-bond donors (Lipinski definition) is 2. The molecular weight excluding hydrogens is 326 g/mol. The summed E-state index contributed by atoms with van der Waals surface area (Å²) in [6.07, 6.45) is 2.63. The molecule has 0 saturated carbocycles. The van der Waals surface area contributed by atoms with E-state index in [9.17, 15) is 0 Å². The van der Waals surface area contributed by atoms with Crippen molar-refractivity contribution in [2.24, 2.45) is 10.7 Å². The van der Waals surface area contributed by atoms with E-state index in [2.05, 4.69) is 44.5 Å². The number of rotatable bonds is 7. The normalized spacial score (nSPS) is 15.8. The topological polar surface area (TPSA) is 75.8 Å². The molecule has 1 aromatic carbocycles. The Morgan fingerprint density at radius 2 is 1.88 bits per heavy atom. The fourth-order valence-electron chi connectivity index (χ4n) is 2.86. The van der Waals surface area contributed by atoms with Crippen LogP contribution in [0.1, 0.15) is 16.8 Å². The van der Waals surface area contributed by atoms with Gasteiger partial charge in [-0.05, 0) is 23.3 Å². The van der Waals surface area contributed by atoms with Crippen LogP contribution < -0.4 is 11.1 Å². The first-order valence-electron chi connectivity index (χ1n) is 9.11. The molecule has 2 heterocycles. The minimum Gasteiger partial charge on any atom is -0.379 e. The smallest absolute Gasteiger partial charge is 0.188 e. The van der Waals surface area contributed by atoms with E-state index in [1.54, 1.807) is 6.20 Å². The van der Waals surface area contributed by atoms with Gasteiger partial charge >= 0.3 is 0 Å². The number of hydrogen-bond acceptors (Lipinski definition) is 4. The second-order valence-electron chi connectivity index (χ2n) is 6.40. The average Bonchev–Trinajstić information content (AvgIpc) is 2.69. The Balaban J connectivity index is 1.40. The number of guanidine groups is 1. The van der Waals surface area contributed by atoms with Crippen LogP contribution >= 0.6 is 0 Å². The van der Waals surface area contributed by atoms with Crippen LogP contribution in [0, 0.1) is 0 Å². The number of benzene rings is 1. The van der Waals surface area contributed by atoms with E-state index < -0.39 is 0 Å². The maximum absolute atomic E-state index is 5.94. The highest BCUT2D eigenvalue weighted by molar-refractivity contribution is 5.77. The van der Waals surface area contributed by atoms with Gasteiger partial charge in [0.2, 0.25) is 0 Å². The maximum Gasteiger partial charge on any atom is 0.188 e. The lowest BCUT2D eigenvalue weighted by atomic mass is 10.1. The highest BCUT2D eigenvalue weighted by Crippen LogP contribution is 2.10. The Morgan fingerprint density at radius 3 is 2.62 bits per heavy atom. The molecule has 138 valence electrons. The van der Waals surface area contributed by atoms with Crippen LogP contribution in [-0.4, -0.2) is 48.7 Å². The van der Waals surface area contributed by atoms with Gasteiger partial charge in [0, 0.05) is 44.5 Å². The molecule has 0 unspecified atom stereocenters. The first-order valence-corrected chi connectivity index (χ1v) is 9.11. The van der Waals surface area contributed by atoms with Gasteiger partial charge in [-0.3, -0.25) is 9.88 Å². The fraction of sp³-hybridized carbons (Fsp3) is 0.400. The Kier molecular flexibility index (Phi) is 6.98. The molecule has 1 saturated heterocycles. The number of nitrogens with two attached hydrogens (primary N) is 1. The minimum absolute atomic E-state index is 0.471. The quantitative estimate of drug-likeness (QED) is 0.584. The number of aromatic nitrogens is 1. The van der Waals surface area contributed by atoms with E-state index in [0.717, 1.165) is 57.1 Å². The lowest BCUT2D eigenvalue weighted by Crippen LogP contribution is -2.35. The number of nitrogens with zero attached hydrogens (tertiary/aromatic N) is 3. The second kappa shape index (κ2) is 9.89. The molecule has 0 atom stereocenters. The lowest BCUT2D eigenvalue weighted by Gasteiger charge is -2.26. The van der Waals surface area contributed by atoms with Gasteiger partial charge in [0.25, 0.3) is 0 Å².